The van der Waals surface area contributed by atoms with E-state index in [1.165, 1.54) is 0 Å². The Morgan fingerprint density at radius 3 is 2.71 bits per heavy atom. The summed E-state index contributed by atoms with van der Waals surface area (Å²) in [5.74, 6) is 0.0547. The molecule has 0 fully saturated rings. The van der Waals surface area contributed by atoms with Crippen molar-refractivity contribution < 1.29 is 4.39 Å². The number of rotatable bonds is 3. The van der Waals surface area contributed by atoms with Crippen LogP contribution in [0.2, 0.25) is 0 Å². The summed E-state index contributed by atoms with van der Waals surface area (Å²) >= 11 is 3.15. The van der Waals surface area contributed by atoms with Gasteiger partial charge in [-0.1, -0.05) is 32.4 Å². The highest BCUT2D eigenvalue weighted by Gasteiger charge is 2.17. The average molecular weight is 260 g/mol. The zero-order valence-electron chi connectivity index (χ0n) is 8.43. The Kier molecular flexibility index (Phi) is 4.08. The fourth-order valence-electron chi connectivity index (χ4n) is 1.34. The number of halogens is 2. The van der Waals surface area contributed by atoms with Crippen LogP contribution in [0, 0.1) is 11.7 Å². The average Bonchev–Trinajstić information content (AvgIpc) is 2.20. The van der Waals surface area contributed by atoms with Gasteiger partial charge in [0.15, 0.2) is 0 Å². The Balaban J connectivity index is 3.01. The van der Waals surface area contributed by atoms with Gasteiger partial charge >= 0.3 is 0 Å². The summed E-state index contributed by atoms with van der Waals surface area (Å²) in [6, 6.07) is 5.02. The van der Waals surface area contributed by atoms with Gasteiger partial charge in [0, 0.05) is 11.6 Å². The summed E-state index contributed by atoms with van der Waals surface area (Å²) in [6.45, 7) is 4.09. The highest BCUT2D eigenvalue weighted by Crippen LogP contribution is 2.27. The van der Waals surface area contributed by atoms with Gasteiger partial charge in [0.2, 0.25) is 0 Å². The molecule has 2 N–H and O–H groups in total. The fourth-order valence-corrected chi connectivity index (χ4v) is 1.72. The normalized spacial score (nSPS) is 15.2. The lowest BCUT2D eigenvalue weighted by Crippen LogP contribution is -2.19. The predicted octanol–water partition coefficient (Wildman–Crippen LogP) is 3.63. The Morgan fingerprint density at radius 2 is 2.14 bits per heavy atom. The third-order valence-electron chi connectivity index (χ3n) is 2.60. The van der Waals surface area contributed by atoms with Gasteiger partial charge in [-0.25, -0.2) is 4.39 Å². The Hall–Kier alpha value is -0.410. The number of hydrogen-bond donors (Lipinski definition) is 1. The highest BCUT2D eigenvalue weighted by molar-refractivity contribution is 9.10. The monoisotopic (exact) mass is 259 g/mol. The highest BCUT2D eigenvalue weighted by atomic mass is 79.9. The van der Waals surface area contributed by atoms with E-state index in [-0.39, 0.29) is 11.9 Å². The van der Waals surface area contributed by atoms with Gasteiger partial charge in [0.25, 0.3) is 0 Å². The molecule has 1 rings (SSSR count). The summed E-state index contributed by atoms with van der Waals surface area (Å²) in [5.41, 5.74) is 6.55. The molecule has 0 saturated heterocycles. The van der Waals surface area contributed by atoms with Crippen molar-refractivity contribution in [2.45, 2.75) is 26.3 Å². The number of hydrogen-bond acceptors (Lipinski definition) is 1. The van der Waals surface area contributed by atoms with Gasteiger partial charge < -0.3 is 5.73 Å². The first kappa shape index (κ1) is 11.7. The quantitative estimate of drug-likeness (QED) is 0.882. The Labute approximate surface area is 92.6 Å². The van der Waals surface area contributed by atoms with Gasteiger partial charge in [-0.2, -0.15) is 0 Å². The molecule has 0 heterocycles. The maximum absolute atomic E-state index is 13.6. The summed E-state index contributed by atoms with van der Waals surface area (Å²) in [7, 11) is 0. The molecule has 0 radical (unpaired) electrons. The molecule has 2 atom stereocenters. The van der Waals surface area contributed by atoms with Crippen LogP contribution in [0.25, 0.3) is 0 Å². The first-order chi connectivity index (χ1) is 6.57. The molecule has 1 aromatic rings. The van der Waals surface area contributed by atoms with Crippen LogP contribution in [0.4, 0.5) is 4.39 Å². The van der Waals surface area contributed by atoms with Crippen LogP contribution in [-0.4, -0.2) is 0 Å². The van der Waals surface area contributed by atoms with Crippen molar-refractivity contribution >= 4 is 15.9 Å². The Morgan fingerprint density at radius 1 is 1.50 bits per heavy atom. The van der Waals surface area contributed by atoms with E-state index in [1.54, 1.807) is 12.1 Å². The molecule has 0 bridgehead atoms. The van der Waals surface area contributed by atoms with Crippen molar-refractivity contribution in [3.63, 3.8) is 0 Å². The second-order valence-electron chi connectivity index (χ2n) is 3.55. The first-order valence-electron chi connectivity index (χ1n) is 4.77. The summed E-state index contributed by atoms with van der Waals surface area (Å²) in [4.78, 5) is 0. The van der Waals surface area contributed by atoms with Crippen molar-refractivity contribution in [3.8, 4) is 0 Å². The van der Waals surface area contributed by atoms with E-state index in [9.17, 15) is 4.39 Å². The zero-order chi connectivity index (χ0) is 10.7. The smallest absolute Gasteiger partial charge is 0.142 e. The molecule has 0 saturated carbocycles. The second kappa shape index (κ2) is 4.89. The van der Waals surface area contributed by atoms with Crippen molar-refractivity contribution in [1.82, 2.24) is 0 Å². The topological polar surface area (TPSA) is 26.0 Å². The molecule has 0 aliphatic rings. The van der Waals surface area contributed by atoms with Crippen molar-refractivity contribution in [1.29, 1.82) is 0 Å². The molecule has 1 unspecified atom stereocenters. The lowest BCUT2D eigenvalue weighted by atomic mass is 9.93. The van der Waals surface area contributed by atoms with Crippen LogP contribution in [0.1, 0.15) is 31.9 Å². The minimum atomic E-state index is -0.236. The molecular formula is C11H15BrFN. The SMILES string of the molecule is CCC(C)[C@@H](N)c1cccc(Br)c1F. The van der Waals surface area contributed by atoms with Gasteiger partial charge in [0.1, 0.15) is 5.82 Å². The maximum atomic E-state index is 13.6. The van der Waals surface area contributed by atoms with Crippen LogP contribution in [0.3, 0.4) is 0 Å². The van der Waals surface area contributed by atoms with Crippen LogP contribution in [0.5, 0.6) is 0 Å². The first-order valence-corrected chi connectivity index (χ1v) is 5.56. The lowest BCUT2D eigenvalue weighted by Gasteiger charge is -2.19. The van der Waals surface area contributed by atoms with Gasteiger partial charge in [0.05, 0.1) is 4.47 Å². The second-order valence-corrected chi connectivity index (χ2v) is 4.41. The molecule has 78 valence electrons. The molecule has 0 aliphatic heterocycles. The van der Waals surface area contributed by atoms with Crippen LogP contribution in [0.15, 0.2) is 22.7 Å². The zero-order valence-corrected chi connectivity index (χ0v) is 10.0. The van der Waals surface area contributed by atoms with E-state index in [0.717, 1.165) is 6.42 Å². The van der Waals surface area contributed by atoms with Crippen LogP contribution in [-0.2, 0) is 0 Å². The minimum absolute atomic E-state index is 0.225. The van der Waals surface area contributed by atoms with Gasteiger partial charge in [-0.15, -0.1) is 0 Å². The molecule has 1 nitrogen and oxygen atoms in total. The number of benzene rings is 1. The van der Waals surface area contributed by atoms with E-state index in [4.69, 9.17) is 5.73 Å². The van der Waals surface area contributed by atoms with Crippen LogP contribution < -0.4 is 5.73 Å². The molecule has 0 spiro atoms. The van der Waals surface area contributed by atoms with E-state index < -0.39 is 0 Å². The van der Waals surface area contributed by atoms with Crippen molar-refractivity contribution in [2.24, 2.45) is 11.7 Å². The van der Waals surface area contributed by atoms with E-state index in [0.29, 0.717) is 16.0 Å². The van der Waals surface area contributed by atoms with Gasteiger partial charge in [-0.05, 0) is 27.9 Å². The maximum Gasteiger partial charge on any atom is 0.142 e. The van der Waals surface area contributed by atoms with Crippen LogP contribution >= 0.6 is 15.9 Å². The van der Waals surface area contributed by atoms with Gasteiger partial charge in [-0.3, -0.25) is 0 Å². The molecule has 0 aromatic heterocycles. The third-order valence-corrected chi connectivity index (χ3v) is 3.21. The molecule has 3 heteroatoms. The number of nitrogens with two attached hydrogens (primary N) is 1. The molecule has 0 aliphatic carbocycles. The van der Waals surface area contributed by atoms with E-state index in [1.807, 2.05) is 13.0 Å². The van der Waals surface area contributed by atoms with Crippen molar-refractivity contribution in [2.75, 3.05) is 0 Å². The van der Waals surface area contributed by atoms with E-state index >= 15 is 0 Å². The third kappa shape index (κ3) is 2.34. The molecular weight excluding hydrogens is 245 g/mol. The molecule has 14 heavy (non-hydrogen) atoms. The van der Waals surface area contributed by atoms with Crippen molar-refractivity contribution in [3.05, 3.63) is 34.1 Å². The summed E-state index contributed by atoms with van der Waals surface area (Å²) in [5, 5.41) is 0. The lowest BCUT2D eigenvalue weighted by molar-refractivity contribution is 0.438. The fraction of sp³-hybridized carbons (Fsp3) is 0.455. The molecule has 0 amide bonds. The predicted molar refractivity (Wildman–Crippen MR) is 60.5 cm³/mol. The Bertz CT molecular complexity index is 314. The molecule has 1 aromatic carbocycles. The summed E-state index contributed by atoms with van der Waals surface area (Å²) in [6.07, 6.45) is 0.952. The summed E-state index contributed by atoms with van der Waals surface area (Å²) < 4.78 is 14.1. The van der Waals surface area contributed by atoms with E-state index in [2.05, 4.69) is 22.9 Å². The standard InChI is InChI=1S/C11H15BrFN/c1-3-7(2)11(14)8-5-4-6-9(12)10(8)13/h4-7,11H,3,14H2,1-2H3/t7?,11-/m1/s1. The largest absolute Gasteiger partial charge is 0.324 e. The minimum Gasteiger partial charge on any atom is -0.324 e.